The van der Waals surface area contributed by atoms with E-state index in [1.54, 1.807) is 0 Å². The molecule has 132 valence electrons. The lowest BCUT2D eigenvalue weighted by atomic mass is 10.1. The van der Waals surface area contributed by atoms with Crippen LogP contribution in [0.3, 0.4) is 0 Å². The summed E-state index contributed by atoms with van der Waals surface area (Å²) in [5.74, 6) is 1.52. The average molecular weight is 352 g/mol. The molecule has 0 aliphatic carbocycles. The first-order chi connectivity index (χ1) is 11.2. The molecule has 24 heavy (non-hydrogen) atoms. The van der Waals surface area contributed by atoms with Crippen LogP contribution < -0.4 is 14.8 Å². The fourth-order valence-corrected chi connectivity index (χ4v) is 2.28. The van der Waals surface area contributed by atoms with Crippen molar-refractivity contribution in [2.24, 2.45) is 0 Å². The largest absolute Gasteiger partial charge is 0.490 e. The number of hydrogen-bond donors (Lipinski definition) is 2. The van der Waals surface area contributed by atoms with Crippen molar-refractivity contribution < 1.29 is 14.6 Å². The Morgan fingerprint density at radius 3 is 2.46 bits per heavy atom. The van der Waals surface area contributed by atoms with Gasteiger partial charge in [-0.1, -0.05) is 42.0 Å². The lowest BCUT2D eigenvalue weighted by Gasteiger charge is -2.16. The van der Waals surface area contributed by atoms with Gasteiger partial charge >= 0.3 is 0 Å². The van der Waals surface area contributed by atoms with E-state index in [0.717, 1.165) is 22.6 Å². The highest BCUT2D eigenvalue weighted by atomic mass is 35.5. The Kier molecular flexibility index (Phi) is 9.23. The van der Waals surface area contributed by atoms with Crippen LogP contribution in [0.4, 0.5) is 0 Å². The Morgan fingerprint density at radius 1 is 1.04 bits per heavy atom. The van der Waals surface area contributed by atoms with E-state index in [-0.39, 0.29) is 19.0 Å². The number of para-hydroxylation sites is 1. The second-order valence-corrected chi connectivity index (χ2v) is 5.35. The van der Waals surface area contributed by atoms with Crippen molar-refractivity contribution in [3.63, 3.8) is 0 Å². The van der Waals surface area contributed by atoms with Crippen LogP contribution in [-0.4, -0.2) is 24.9 Å². The summed E-state index contributed by atoms with van der Waals surface area (Å²) in [6, 6.07) is 14.2. The van der Waals surface area contributed by atoms with Crippen LogP contribution in [0, 0.1) is 6.92 Å². The summed E-state index contributed by atoms with van der Waals surface area (Å²) in [6.45, 7) is 6.41. The van der Waals surface area contributed by atoms with E-state index in [9.17, 15) is 0 Å². The molecule has 0 radical (unpaired) electrons. The highest BCUT2D eigenvalue weighted by molar-refractivity contribution is 5.85. The first-order valence-corrected chi connectivity index (χ1v) is 7.99. The monoisotopic (exact) mass is 351 g/mol. The van der Waals surface area contributed by atoms with E-state index in [0.29, 0.717) is 26.3 Å². The number of aliphatic hydroxyl groups excluding tert-OH is 1. The van der Waals surface area contributed by atoms with Gasteiger partial charge in [0.2, 0.25) is 0 Å². The number of nitrogens with one attached hydrogen (secondary N) is 1. The zero-order valence-corrected chi connectivity index (χ0v) is 15.1. The van der Waals surface area contributed by atoms with E-state index >= 15 is 0 Å². The first-order valence-electron chi connectivity index (χ1n) is 7.99. The fraction of sp³-hybridized carbons (Fsp3) is 0.368. The quantitative estimate of drug-likeness (QED) is 0.679. The maximum atomic E-state index is 8.91. The van der Waals surface area contributed by atoms with Crippen LogP contribution >= 0.6 is 12.4 Å². The molecule has 0 fully saturated rings. The highest BCUT2D eigenvalue weighted by Gasteiger charge is 2.11. The lowest BCUT2D eigenvalue weighted by Crippen LogP contribution is -2.18. The van der Waals surface area contributed by atoms with Gasteiger partial charge in [0.25, 0.3) is 0 Å². The summed E-state index contributed by atoms with van der Waals surface area (Å²) in [5, 5.41) is 12.1. The Bertz CT molecular complexity index is 602. The number of rotatable bonds is 9. The topological polar surface area (TPSA) is 50.7 Å². The van der Waals surface area contributed by atoms with E-state index in [1.807, 2.05) is 25.1 Å². The van der Waals surface area contributed by atoms with Crippen molar-refractivity contribution >= 4 is 12.4 Å². The third-order valence-corrected chi connectivity index (χ3v) is 3.47. The third kappa shape index (κ3) is 6.04. The molecule has 0 aliphatic heterocycles. The van der Waals surface area contributed by atoms with E-state index in [2.05, 4.69) is 36.5 Å². The van der Waals surface area contributed by atoms with Crippen molar-refractivity contribution in [2.45, 2.75) is 27.0 Å². The first kappa shape index (κ1) is 20.3. The molecule has 0 aromatic heterocycles. The summed E-state index contributed by atoms with van der Waals surface area (Å²) < 4.78 is 11.7. The normalized spacial score (nSPS) is 10.1. The minimum absolute atomic E-state index is 0. The van der Waals surface area contributed by atoms with Crippen molar-refractivity contribution in [1.82, 2.24) is 5.32 Å². The molecule has 0 atom stereocenters. The SMILES string of the molecule is CCOc1cccc(CNCCO)c1OCc1ccc(C)cc1.Cl. The molecule has 0 amide bonds. The summed E-state index contributed by atoms with van der Waals surface area (Å²) in [6.07, 6.45) is 0. The Balaban J connectivity index is 0.00000288. The van der Waals surface area contributed by atoms with E-state index < -0.39 is 0 Å². The van der Waals surface area contributed by atoms with Crippen molar-refractivity contribution in [3.05, 3.63) is 59.2 Å². The van der Waals surface area contributed by atoms with Crippen molar-refractivity contribution in [1.29, 1.82) is 0 Å². The molecular formula is C19H26ClNO3. The Hall–Kier alpha value is -1.75. The fourth-order valence-electron chi connectivity index (χ4n) is 2.28. The molecule has 5 heteroatoms. The number of aliphatic hydroxyl groups is 1. The van der Waals surface area contributed by atoms with Crippen molar-refractivity contribution in [3.8, 4) is 11.5 Å². The molecule has 2 rings (SSSR count). The van der Waals surface area contributed by atoms with Crippen LogP contribution in [0.25, 0.3) is 0 Å². The van der Waals surface area contributed by atoms with E-state index in [1.165, 1.54) is 5.56 Å². The van der Waals surface area contributed by atoms with Crippen LogP contribution in [0.5, 0.6) is 11.5 Å². The van der Waals surface area contributed by atoms with Gasteiger partial charge in [-0.3, -0.25) is 0 Å². The second kappa shape index (κ2) is 10.9. The van der Waals surface area contributed by atoms with Gasteiger partial charge in [0.1, 0.15) is 6.61 Å². The molecule has 0 bridgehead atoms. The van der Waals surface area contributed by atoms with Crippen molar-refractivity contribution in [2.75, 3.05) is 19.8 Å². The maximum absolute atomic E-state index is 8.91. The van der Waals surface area contributed by atoms with Crippen LogP contribution in [0.2, 0.25) is 0 Å². The summed E-state index contributed by atoms with van der Waals surface area (Å²) in [5.41, 5.74) is 3.38. The Labute approximate surface area is 150 Å². The molecular weight excluding hydrogens is 326 g/mol. The zero-order chi connectivity index (χ0) is 16.5. The van der Waals surface area contributed by atoms with Gasteiger partial charge in [0, 0.05) is 18.7 Å². The molecule has 4 nitrogen and oxygen atoms in total. The zero-order valence-electron chi connectivity index (χ0n) is 14.2. The van der Waals surface area contributed by atoms with Crippen LogP contribution in [0.1, 0.15) is 23.6 Å². The van der Waals surface area contributed by atoms with Crippen LogP contribution in [-0.2, 0) is 13.2 Å². The van der Waals surface area contributed by atoms with Gasteiger partial charge in [-0.25, -0.2) is 0 Å². The van der Waals surface area contributed by atoms with Gasteiger partial charge in [-0.05, 0) is 25.5 Å². The minimum atomic E-state index is 0. The second-order valence-electron chi connectivity index (χ2n) is 5.35. The number of halogens is 1. The molecule has 0 saturated heterocycles. The number of benzene rings is 2. The van der Waals surface area contributed by atoms with E-state index in [4.69, 9.17) is 14.6 Å². The summed E-state index contributed by atoms with van der Waals surface area (Å²) in [7, 11) is 0. The predicted octanol–water partition coefficient (Wildman–Crippen LogP) is 3.48. The molecule has 2 aromatic carbocycles. The molecule has 0 spiro atoms. The van der Waals surface area contributed by atoms with Gasteiger partial charge < -0.3 is 19.9 Å². The van der Waals surface area contributed by atoms with Gasteiger partial charge in [0.05, 0.1) is 13.2 Å². The molecule has 2 N–H and O–H groups in total. The van der Waals surface area contributed by atoms with Gasteiger partial charge in [-0.15, -0.1) is 12.4 Å². The average Bonchev–Trinajstić information content (AvgIpc) is 2.56. The summed E-state index contributed by atoms with van der Waals surface area (Å²) in [4.78, 5) is 0. The third-order valence-electron chi connectivity index (χ3n) is 3.47. The maximum Gasteiger partial charge on any atom is 0.166 e. The molecule has 0 aliphatic rings. The predicted molar refractivity (Wildman–Crippen MR) is 99.2 cm³/mol. The number of hydrogen-bond acceptors (Lipinski definition) is 4. The van der Waals surface area contributed by atoms with Crippen LogP contribution in [0.15, 0.2) is 42.5 Å². The standard InChI is InChI=1S/C19H25NO3.ClH/c1-3-22-18-6-4-5-17(13-20-11-12-21)19(18)23-14-16-9-7-15(2)8-10-16;/h4-10,20-21H,3,11-14H2,1-2H3;1H. The number of ether oxygens (including phenoxy) is 2. The molecule has 0 unspecified atom stereocenters. The Morgan fingerprint density at radius 2 is 1.79 bits per heavy atom. The molecule has 2 aromatic rings. The summed E-state index contributed by atoms with van der Waals surface area (Å²) >= 11 is 0. The number of aryl methyl sites for hydroxylation is 1. The van der Waals surface area contributed by atoms with Gasteiger partial charge in [0.15, 0.2) is 11.5 Å². The molecule has 0 heterocycles. The highest BCUT2D eigenvalue weighted by Crippen LogP contribution is 2.32. The minimum Gasteiger partial charge on any atom is -0.490 e. The molecule has 0 saturated carbocycles. The lowest BCUT2D eigenvalue weighted by molar-refractivity contribution is 0.264. The smallest absolute Gasteiger partial charge is 0.166 e. The van der Waals surface area contributed by atoms with Gasteiger partial charge in [-0.2, -0.15) is 0 Å².